The summed E-state index contributed by atoms with van der Waals surface area (Å²) in [6.45, 7) is 5.77. The van der Waals surface area contributed by atoms with Crippen molar-refractivity contribution in [1.82, 2.24) is 14.8 Å². The summed E-state index contributed by atoms with van der Waals surface area (Å²) in [6.07, 6.45) is 0.514. The molecule has 3 heterocycles. The summed E-state index contributed by atoms with van der Waals surface area (Å²) in [5, 5.41) is 5.13. The van der Waals surface area contributed by atoms with Gasteiger partial charge in [-0.25, -0.2) is 22.9 Å². The molecular weight excluding hydrogens is 330 g/mol. The Balaban J connectivity index is 2.26. The summed E-state index contributed by atoms with van der Waals surface area (Å²) in [4.78, 5) is 16.9. The molecule has 0 amide bonds. The zero-order valence-corrected chi connectivity index (χ0v) is 15.1. The highest BCUT2D eigenvalue weighted by Gasteiger charge is 2.32. The van der Waals surface area contributed by atoms with Crippen LogP contribution in [0.15, 0.2) is 6.07 Å². The third kappa shape index (κ3) is 2.79. The van der Waals surface area contributed by atoms with Crippen LogP contribution in [0.3, 0.4) is 0 Å². The van der Waals surface area contributed by atoms with E-state index in [2.05, 4.69) is 10.1 Å². The summed E-state index contributed by atoms with van der Waals surface area (Å²) >= 11 is 0. The smallest absolute Gasteiger partial charge is 0.338 e. The van der Waals surface area contributed by atoms with Gasteiger partial charge in [-0.2, -0.15) is 5.10 Å². The fourth-order valence-corrected chi connectivity index (χ4v) is 4.81. The van der Waals surface area contributed by atoms with Gasteiger partial charge in [-0.15, -0.1) is 0 Å². The molecule has 1 aliphatic heterocycles. The molecule has 1 unspecified atom stereocenters. The van der Waals surface area contributed by atoms with E-state index in [0.717, 1.165) is 5.69 Å². The molecule has 0 spiro atoms. The molecule has 7 nitrogen and oxygen atoms in total. The molecule has 0 aromatic carbocycles. The minimum Gasteiger partial charge on any atom is -0.465 e. The van der Waals surface area contributed by atoms with Crippen LogP contribution < -0.4 is 0 Å². The van der Waals surface area contributed by atoms with Crippen molar-refractivity contribution in [3.05, 3.63) is 23.0 Å². The molecule has 3 rings (SSSR count). The maximum Gasteiger partial charge on any atom is 0.338 e. The Bertz CT molecular complexity index is 915. The van der Waals surface area contributed by atoms with Gasteiger partial charge in [-0.3, -0.25) is 0 Å². The van der Waals surface area contributed by atoms with Gasteiger partial charge in [0.25, 0.3) is 0 Å². The number of pyridine rings is 1. The van der Waals surface area contributed by atoms with Crippen LogP contribution in [-0.2, 0) is 14.6 Å². The lowest BCUT2D eigenvalue weighted by molar-refractivity contribution is 0.0602. The predicted molar refractivity (Wildman–Crippen MR) is 90.0 cm³/mol. The number of aryl methyl sites for hydroxylation is 1. The topological polar surface area (TPSA) is 91.2 Å². The molecule has 0 bridgehead atoms. The largest absolute Gasteiger partial charge is 0.465 e. The molecule has 0 N–H and O–H groups in total. The second-order valence-electron chi connectivity index (χ2n) is 6.53. The van der Waals surface area contributed by atoms with Crippen molar-refractivity contribution < 1.29 is 17.9 Å². The van der Waals surface area contributed by atoms with Crippen molar-refractivity contribution in [3.8, 4) is 0 Å². The van der Waals surface area contributed by atoms with Crippen molar-refractivity contribution in [3.63, 3.8) is 0 Å². The Morgan fingerprint density at radius 3 is 2.67 bits per heavy atom. The normalized spacial score (nSPS) is 20.0. The number of carbonyl (C=O) groups is 1. The van der Waals surface area contributed by atoms with Gasteiger partial charge < -0.3 is 4.74 Å². The highest BCUT2D eigenvalue weighted by atomic mass is 32.2. The summed E-state index contributed by atoms with van der Waals surface area (Å²) in [7, 11) is -1.70. The fraction of sp³-hybridized carbons (Fsp3) is 0.562. The molecule has 1 aliphatic rings. The zero-order chi connectivity index (χ0) is 17.6. The molecule has 1 atom stereocenters. The number of rotatable bonds is 3. The third-order valence-electron chi connectivity index (χ3n) is 4.41. The Morgan fingerprint density at radius 2 is 2.12 bits per heavy atom. The van der Waals surface area contributed by atoms with E-state index in [0.29, 0.717) is 28.7 Å². The fourth-order valence-electron chi connectivity index (χ4n) is 3.12. The van der Waals surface area contributed by atoms with Crippen LogP contribution in [0.4, 0.5) is 0 Å². The number of nitrogens with zero attached hydrogens (tertiary/aromatic N) is 3. The first-order valence-corrected chi connectivity index (χ1v) is 9.74. The average Bonchev–Trinajstić information content (AvgIpc) is 3.05. The second-order valence-corrected chi connectivity index (χ2v) is 8.76. The number of fused-ring (bicyclic) bond motifs is 1. The number of aromatic nitrogens is 3. The Morgan fingerprint density at radius 1 is 1.42 bits per heavy atom. The number of hydrogen-bond donors (Lipinski definition) is 0. The van der Waals surface area contributed by atoms with Crippen molar-refractivity contribution in [2.45, 2.75) is 39.2 Å². The van der Waals surface area contributed by atoms with E-state index in [1.807, 2.05) is 13.8 Å². The molecule has 0 aliphatic carbocycles. The highest BCUT2D eigenvalue weighted by molar-refractivity contribution is 7.91. The lowest BCUT2D eigenvalue weighted by Crippen LogP contribution is -2.14. The van der Waals surface area contributed by atoms with Gasteiger partial charge in [0.05, 0.1) is 41.3 Å². The number of carbonyl (C=O) groups excluding carboxylic acids is 1. The number of esters is 1. The van der Waals surface area contributed by atoms with Gasteiger partial charge in [0.2, 0.25) is 0 Å². The van der Waals surface area contributed by atoms with Gasteiger partial charge in [0, 0.05) is 5.69 Å². The minimum atomic E-state index is -3.04. The quantitative estimate of drug-likeness (QED) is 0.786. The van der Waals surface area contributed by atoms with E-state index >= 15 is 0 Å². The number of ether oxygens (including phenoxy) is 1. The second kappa shape index (κ2) is 5.84. The Labute approximate surface area is 140 Å². The highest BCUT2D eigenvalue weighted by Crippen LogP contribution is 2.31. The van der Waals surface area contributed by atoms with Crippen molar-refractivity contribution in [1.29, 1.82) is 0 Å². The van der Waals surface area contributed by atoms with Gasteiger partial charge in [0.15, 0.2) is 15.5 Å². The zero-order valence-electron chi connectivity index (χ0n) is 14.2. The van der Waals surface area contributed by atoms with Crippen molar-refractivity contribution >= 4 is 26.8 Å². The first-order chi connectivity index (χ1) is 11.2. The van der Waals surface area contributed by atoms with Gasteiger partial charge in [-0.1, -0.05) is 13.8 Å². The van der Waals surface area contributed by atoms with Crippen LogP contribution in [-0.4, -0.2) is 47.8 Å². The summed E-state index contributed by atoms with van der Waals surface area (Å²) in [5.74, 6) is -0.101. The van der Waals surface area contributed by atoms with E-state index in [-0.39, 0.29) is 23.5 Å². The number of methoxy groups -OCH3 is 1. The minimum absolute atomic E-state index is 0.0599. The molecule has 24 heavy (non-hydrogen) atoms. The predicted octanol–water partition coefficient (Wildman–Crippen LogP) is 2.01. The molecule has 0 radical (unpaired) electrons. The summed E-state index contributed by atoms with van der Waals surface area (Å²) in [6, 6.07) is 1.50. The van der Waals surface area contributed by atoms with E-state index in [4.69, 9.17) is 4.74 Å². The molecular formula is C16H21N3O4S. The standard InChI is InChI=1S/C16H21N3O4S/c1-9(2)13-7-12(16(20)23-4)14-10(3)18-19(15(14)17-13)11-5-6-24(21,22)8-11/h7,9,11H,5-6,8H2,1-4H3. The van der Waals surface area contributed by atoms with Crippen molar-refractivity contribution in [2.24, 2.45) is 0 Å². The molecule has 130 valence electrons. The summed E-state index contributed by atoms with van der Waals surface area (Å²) < 4.78 is 30.2. The lowest BCUT2D eigenvalue weighted by atomic mass is 10.0. The van der Waals surface area contributed by atoms with E-state index in [1.54, 1.807) is 17.7 Å². The first-order valence-electron chi connectivity index (χ1n) is 7.92. The van der Waals surface area contributed by atoms with Crippen LogP contribution in [0.5, 0.6) is 0 Å². The van der Waals surface area contributed by atoms with Crippen molar-refractivity contribution in [2.75, 3.05) is 18.6 Å². The average molecular weight is 351 g/mol. The van der Waals surface area contributed by atoms with Gasteiger partial charge in [0.1, 0.15) is 0 Å². The monoisotopic (exact) mass is 351 g/mol. The first kappa shape index (κ1) is 16.9. The molecule has 1 saturated heterocycles. The van der Waals surface area contributed by atoms with Crippen LogP contribution >= 0.6 is 0 Å². The van der Waals surface area contributed by atoms with Gasteiger partial charge >= 0.3 is 5.97 Å². The van der Waals surface area contributed by atoms with Gasteiger partial charge in [-0.05, 0) is 25.3 Å². The molecule has 0 saturated carbocycles. The van der Waals surface area contributed by atoms with Crippen LogP contribution in [0.2, 0.25) is 0 Å². The maximum atomic E-state index is 12.2. The molecule has 8 heteroatoms. The maximum absolute atomic E-state index is 12.2. The Hall–Kier alpha value is -1.96. The Kier molecular flexibility index (Phi) is 4.11. The molecule has 2 aromatic rings. The third-order valence-corrected chi connectivity index (χ3v) is 6.16. The van der Waals surface area contributed by atoms with E-state index < -0.39 is 15.8 Å². The molecule has 2 aromatic heterocycles. The van der Waals surface area contributed by atoms with Crippen LogP contribution in [0, 0.1) is 6.92 Å². The van der Waals surface area contributed by atoms with Crippen LogP contribution in [0.25, 0.3) is 11.0 Å². The number of sulfone groups is 1. The number of hydrogen-bond acceptors (Lipinski definition) is 6. The summed E-state index contributed by atoms with van der Waals surface area (Å²) in [5.41, 5.74) is 2.39. The lowest BCUT2D eigenvalue weighted by Gasteiger charge is -2.12. The van der Waals surface area contributed by atoms with E-state index in [1.165, 1.54) is 7.11 Å². The SMILES string of the molecule is COC(=O)c1cc(C(C)C)nc2c1c(C)nn2C1CCS(=O)(=O)C1. The molecule has 1 fully saturated rings. The van der Waals surface area contributed by atoms with Crippen LogP contribution in [0.1, 0.15) is 54.0 Å². The van der Waals surface area contributed by atoms with E-state index in [9.17, 15) is 13.2 Å².